The van der Waals surface area contributed by atoms with Gasteiger partial charge in [-0.1, -0.05) is 17.7 Å². The number of anilines is 1. The number of carbonyl (C=O) groups excluding carboxylic acids is 1. The van der Waals surface area contributed by atoms with Crippen molar-refractivity contribution in [1.29, 1.82) is 0 Å². The summed E-state index contributed by atoms with van der Waals surface area (Å²) in [5.74, 6) is -0.704. The second-order valence-corrected chi connectivity index (χ2v) is 6.08. The van der Waals surface area contributed by atoms with Gasteiger partial charge in [-0.05, 0) is 47.9 Å². The van der Waals surface area contributed by atoms with Gasteiger partial charge < -0.3 is 19.9 Å². The first-order valence-electron chi connectivity index (χ1n) is 7.91. The van der Waals surface area contributed by atoms with Crippen LogP contribution in [-0.4, -0.2) is 31.2 Å². The first-order valence-corrected chi connectivity index (χ1v) is 8.29. The third-order valence-electron chi connectivity index (χ3n) is 3.69. The first-order chi connectivity index (χ1) is 12.4. The number of nitrogens with one attached hydrogen (secondary N) is 1. The van der Waals surface area contributed by atoms with E-state index in [9.17, 15) is 14.7 Å². The Kier molecular flexibility index (Phi) is 7.00. The molecule has 0 saturated heterocycles. The van der Waals surface area contributed by atoms with Gasteiger partial charge in [-0.2, -0.15) is 0 Å². The van der Waals surface area contributed by atoms with Crippen molar-refractivity contribution in [2.45, 2.75) is 19.4 Å². The fourth-order valence-electron chi connectivity index (χ4n) is 2.48. The molecule has 0 unspecified atom stereocenters. The number of hydrogen-bond acceptors (Lipinski definition) is 4. The molecule has 0 aromatic heterocycles. The second kappa shape index (κ2) is 9.22. The molecule has 0 saturated carbocycles. The molecule has 0 radical (unpaired) electrons. The molecule has 0 aliphatic heterocycles. The molecule has 26 heavy (non-hydrogen) atoms. The third-order valence-corrected chi connectivity index (χ3v) is 3.99. The summed E-state index contributed by atoms with van der Waals surface area (Å²) in [7, 11) is 3.06. The average Bonchev–Trinajstić information content (AvgIpc) is 2.60. The molecule has 1 amide bonds. The highest BCUT2D eigenvalue weighted by Crippen LogP contribution is 2.25. The van der Waals surface area contributed by atoms with Crippen LogP contribution in [0.1, 0.15) is 27.9 Å². The van der Waals surface area contributed by atoms with Crippen LogP contribution in [0.4, 0.5) is 5.69 Å². The molecule has 0 heterocycles. The first kappa shape index (κ1) is 19.8. The van der Waals surface area contributed by atoms with Crippen LogP contribution >= 0.6 is 11.6 Å². The minimum atomic E-state index is -1.06. The number of hydrogen-bond donors (Lipinski definition) is 2. The largest absolute Gasteiger partial charge is 0.495 e. The van der Waals surface area contributed by atoms with E-state index in [0.717, 1.165) is 5.56 Å². The van der Waals surface area contributed by atoms with Crippen LogP contribution in [0.2, 0.25) is 5.02 Å². The SMILES string of the molecule is COCc1cc(NC(=O)CCc2ccc(OC)c(Cl)c2)cc(C(=O)O)c1. The van der Waals surface area contributed by atoms with Crippen molar-refractivity contribution in [3.05, 3.63) is 58.1 Å². The second-order valence-electron chi connectivity index (χ2n) is 5.67. The van der Waals surface area contributed by atoms with Crippen LogP contribution in [0, 0.1) is 0 Å². The van der Waals surface area contributed by atoms with Gasteiger partial charge in [0.25, 0.3) is 0 Å². The molecule has 0 bridgehead atoms. The zero-order valence-electron chi connectivity index (χ0n) is 14.5. The van der Waals surface area contributed by atoms with E-state index in [-0.39, 0.29) is 24.5 Å². The van der Waals surface area contributed by atoms with Crippen LogP contribution in [0.3, 0.4) is 0 Å². The number of carboxylic acid groups (broad SMARTS) is 1. The normalized spacial score (nSPS) is 10.4. The lowest BCUT2D eigenvalue weighted by atomic mass is 10.1. The maximum absolute atomic E-state index is 12.2. The molecule has 138 valence electrons. The van der Waals surface area contributed by atoms with Gasteiger partial charge in [-0.15, -0.1) is 0 Å². The minimum Gasteiger partial charge on any atom is -0.495 e. The smallest absolute Gasteiger partial charge is 0.335 e. The van der Waals surface area contributed by atoms with E-state index >= 15 is 0 Å². The van der Waals surface area contributed by atoms with E-state index < -0.39 is 5.97 Å². The summed E-state index contributed by atoms with van der Waals surface area (Å²) in [6, 6.07) is 9.99. The Morgan fingerprint density at radius 2 is 1.88 bits per heavy atom. The summed E-state index contributed by atoms with van der Waals surface area (Å²) >= 11 is 6.08. The van der Waals surface area contributed by atoms with Crippen molar-refractivity contribution in [3.8, 4) is 5.75 Å². The summed E-state index contributed by atoms with van der Waals surface area (Å²) in [5.41, 5.74) is 2.10. The highest BCUT2D eigenvalue weighted by molar-refractivity contribution is 6.32. The summed E-state index contributed by atoms with van der Waals surface area (Å²) in [5, 5.41) is 12.4. The molecule has 0 fully saturated rings. The molecule has 2 N–H and O–H groups in total. The average molecular weight is 378 g/mol. The Balaban J connectivity index is 2.03. The van der Waals surface area contributed by atoms with E-state index in [4.69, 9.17) is 21.1 Å². The lowest BCUT2D eigenvalue weighted by Gasteiger charge is -2.10. The predicted molar refractivity (Wildman–Crippen MR) is 99.1 cm³/mol. The van der Waals surface area contributed by atoms with Crippen molar-refractivity contribution in [2.24, 2.45) is 0 Å². The lowest BCUT2D eigenvalue weighted by Crippen LogP contribution is -2.13. The van der Waals surface area contributed by atoms with Gasteiger partial charge in [0.05, 0.1) is 24.3 Å². The van der Waals surface area contributed by atoms with E-state index in [1.165, 1.54) is 26.4 Å². The van der Waals surface area contributed by atoms with Crippen LogP contribution < -0.4 is 10.1 Å². The number of aromatic carboxylic acids is 1. The highest BCUT2D eigenvalue weighted by Gasteiger charge is 2.10. The summed E-state index contributed by atoms with van der Waals surface area (Å²) < 4.78 is 10.1. The zero-order valence-corrected chi connectivity index (χ0v) is 15.3. The van der Waals surface area contributed by atoms with Gasteiger partial charge in [-0.3, -0.25) is 4.79 Å². The van der Waals surface area contributed by atoms with Gasteiger partial charge in [0.1, 0.15) is 5.75 Å². The van der Waals surface area contributed by atoms with Gasteiger partial charge in [-0.25, -0.2) is 4.79 Å². The van der Waals surface area contributed by atoms with Gasteiger partial charge >= 0.3 is 5.97 Å². The number of carboxylic acids is 1. The Morgan fingerprint density at radius 1 is 1.12 bits per heavy atom. The Hall–Kier alpha value is -2.57. The molecule has 2 aromatic carbocycles. The van der Waals surface area contributed by atoms with E-state index in [1.54, 1.807) is 18.2 Å². The molecular formula is C19H20ClNO5. The predicted octanol–water partition coefficient (Wildman–Crippen LogP) is 3.76. The van der Waals surface area contributed by atoms with Crippen molar-refractivity contribution in [2.75, 3.05) is 19.5 Å². The Morgan fingerprint density at radius 3 is 2.50 bits per heavy atom. The van der Waals surface area contributed by atoms with Crippen LogP contribution in [-0.2, 0) is 22.6 Å². The number of methoxy groups -OCH3 is 2. The Labute approximate surface area is 156 Å². The van der Waals surface area contributed by atoms with E-state index in [1.807, 2.05) is 6.07 Å². The summed E-state index contributed by atoms with van der Waals surface area (Å²) in [6.45, 7) is 0.258. The van der Waals surface area contributed by atoms with Crippen LogP contribution in [0.25, 0.3) is 0 Å². The Bertz CT molecular complexity index is 807. The third kappa shape index (κ3) is 5.47. The molecule has 0 spiro atoms. The van der Waals surface area contributed by atoms with Gasteiger partial charge in [0.2, 0.25) is 5.91 Å². The van der Waals surface area contributed by atoms with Crippen molar-refractivity contribution in [1.82, 2.24) is 0 Å². The summed E-state index contributed by atoms with van der Waals surface area (Å²) in [6.07, 6.45) is 0.735. The lowest BCUT2D eigenvalue weighted by molar-refractivity contribution is -0.116. The number of amides is 1. The molecule has 0 aliphatic rings. The number of halogens is 1. The topological polar surface area (TPSA) is 84.9 Å². The fourth-order valence-corrected chi connectivity index (χ4v) is 2.76. The maximum atomic E-state index is 12.2. The van der Waals surface area contributed by atoms with Gasteiger partial charge in [0, 0.05) is 19.2 Å². The van der Waals surface area contributed by atoms with Crippen molar-refractivity contribution < 1.29 is 24.2 Å². The minimum absolute atomic E-state index is 0.0942. The maximum Gasteiger partial charge on any atom is 0.335 e. The van der Waals surface area contributed by atoms with Crippen LogP contribution in [0.15, 0.2) is 36.4 Å². The van der Waals surface area contributed by atoms with Crippen molar-refractivity contribution in [3.63, 3.8) is 0 Å². The molecule has 0 atom stereocenters. The number of carbonyl (C=O) groups is 2. The fraction of sp³-hybridized carbons (Fsp3) is 0.263. The number of ether oxygens (including phenoxy) is 2. The van der Waals surface area contributed by atoms with E-state index in [0.29, 0.717) is 28.4 Å². The summed E-state index contributed by atoms with van der Waals surface area (Å²) in [4.78, 5) is 23.4. The van der Waals surface area contributed by atoms with Gasteiger partial charge in [0.15, 0.2) is 0 Å². The molecule has 2 aromatic rings. The van der Waals surface area contributed by atoms with Crippen LogP contribution in [0.5, 0.6) is 5.75 Å². The molecule has 6 nitrogen and oxygen atoms in total. The number of aryl methyl sites for hydroxylation is 1. The number of rotatable bonds is 8. The highest BCUT2D eigenvalue weighted by atomic mass is 35.5. The molecular weight excluding hydrogens is 358 g/mol. The molecule has 2 rings (SSSR count). The quantitative estimate of drug-likeness (QED) is 0.731. The standard InChI is InChI=1S/C19H20ClNO5/c1-25-11-13-7-14(19(23)24)10-15(8-13)21-18(22)6-4-12-3-5-17(26-2)16(20)9-12/h3,5,7-10H,4,6,11H2,1-2H3,(H,21,22)(H,23,24). The van der Waals surface area contributed by atoms with Crippen molar-refractivity contribution >= 4 is 29.2 Å². The molecule has 7 heteroatoms. The monoisotopic (exact) mass is 377 g/mol. The zero-order chi connectivity index (χ0) is 19.1. The number of benzene rings is 2. The molecule has 0 aliphatic carbocycles. The van der Waals surface area contributed by atoms with E-state index in [2.05, 4.69) is 5.32 Å².